The first-order chi connectivity index (χ1) is 5.70. The minimum Gasteiger partial charge on any atom is -0.379 e. The minimum absolute atomic E-state index is 0.00514. The topological polar surface area (TPSA) is 27.7 Å². The van der Waals surface area contributed by atoms with Gasteiger partial charge >= 0.3 is 0 Å². The molecule has 1 fully saturated rings. The third-order valence-corrected chi connectivity index (χ3v) is 2.66. The maximum Gasteiger partial charge on any atom is 0.109 e. The average molecular weight is 206 g/mol. The Morgan fingerprint density at radius 2 is 2.17 bits per heavy atom. The van der Waals surface area contributed by atoms with E-state index in [0.29, 0.717) is 6.61 Å². The van der Waals surface area contributed by atoms with E-state index in [0.717, 1.165) is 0 Å². The molecule has 2 radical (unpaired) electrons. The van der Waals surface area contributed by atoms with Crippen molar-refractivity contribution in [3.05, 3.63) is 0 Å². The summed E-state index contributed by atoms with van der Waals surface area (Å²) < 4.78 is 15.5. The third-order valence-electron chi connectivity index (χ3n) is 2.15. The Balaban J connectivity index is 2.52. The predicted molar refractivity (Wildman–Crippen MR) is 53.8 cm³/mol. The van der Waals surface area contributed by atoms with E-state index in [1.54, 1.807) is 0 Å². The molecule has 68 valence electrons. The summed E-state index contributed by atoms with van der Waals surface area (Å²) in [6.45, 7) is 2.49. The SMILES string of the molecule is [B][C@H]1O[C@@H](COP)C(OP)[C@@H]1C. The Morgan fingerprint density at radius 3 is 2.67 bits per heavy atom. The van der Waals surface area contributed by atoms with Crippen molar-refractivity contribution in [1.29, 1.82) is 0 Å². The van der Waals surface area contributed by atoms with Crippen LogP contribution in [0, 0.1) is 5.92 Å². The van der Waals surface area contributed by atoms with Crippen molar-refractivity contribution in [2.75, 3.05) is 6.61 Å². The van der Waals surface area contributed by atoms with E-state index in [-0.39, 0.29) is 24.1 Å². The lowest BCUT2D eigenvalue weighted by molar-refractivity contribution is 0.0200. The number of rotatable bonds is 3. The van der Waals surface area contributed by atoms with E-state index in [4.69, 9.17) is 21.6 Å². The third kappa shape index (κ3) is 2.18. The normalized spacial score (nSPS) is 41.9. The summed E-state index contributed by atoms with van der Waals surface area (Å²) in [6.07, 6.45) is -0.0597. The second-order valence-corrected chi connectivity index (χ2v) is 3.54. The number of hydrogen-bond donors (Lipinski definition) is 0. The van der Waals surface area contributed by atoms with Crippen LogP contribution in [-0.2, 0) is 13.8 Å². The van der Waals surface area contributed by atoms with Crippen LogP contribution in [-0.4, -0.2) is 32.7 Å². The lowest BCUT2D eigenvalue weighted by atomic mass is 9.86. The molecule has 0 aromatic rings. The van der Waals surface area contributed by atoms with E-state index < -0.39 is 0 Å². The molecule has 6 heteroatoms. The molecule has 12 heavy (non-hydrogen) atoms. The van der Waals surface area contributed by atoms with Crippen molar-refractivity contribution in [3.8, 4) is 0 Å². The van der Waals surface area contributed by atoms with Gasteiger partial charge in [-0.3, -0.25) is 0 Å². The lowest BCUT2D eigenvalue weighted by Gasteiger charge is -2.18. The second-order valence-electron chi connectivity index (χ2n) is 2.93. The molecule has 1 heterocycles. The standard InChI is InChI=1S/C6H13BO3P2/c1-3-5(10-12)4(2-8-11)9-6(3)7/h3-6H,2,11-12H2,1H3/t3-,4-,5?,6-/m0/s1. The fourth-order valence-corrected chi connectivity index (χ4v) is 1.98. The number of ether oxygens (including phenoxy) is 1. The summed E-state index contributed by atoms with van der Waals surface area (Å²) in [4.78, 5) is 0. The zero-order chi connectivity index (χ0) is 9.14. The van der Waals surface area contributed by atoms with Crippen LogP contribution in [0.5, 0.6) is 0 Å². The van der Waals surface area contributed by atoms with Gasteiger partial charge in [-0.15, -0.1) is 0 Å². The Kier molecular flexibility index (Phi) is 4.43. The Labute approximate surface area is 78.9 Å². The lowest BCUT2D eigenvalue weighted by Crippen LogP contribution is -2.29. The highest BCUT2D eigenvalue weighted by molar-refractivity contribution is 7.10. The molecule has 0 amide bonds. The van der Waals surface area contributed by atoms with E-state index >= 15 is 0 Å². The first-order valence-corrected chi connectivity index (χ1v) is 4.73. The van der Waals surface area contributed by atoms with E-state index in [1.165, 1.54) is 0 Å². The maximum absolute atomic E-state index is 5.69. The molecule has 1 rings (SSSR count). The van der Waals surface area contributed by atoms with Crippen molar-refractivity contribution in [2.45, 2.75) is 25.1 Å². The molecule has 0 N–H and O–H groups in total. The largest absolute Gasteiger partial charge is 0.379 e. The van der Waals surface area contributed by atoms with Crippen molar-refractivity contribution in [2.24, 2.45) is 5.92 Å². The monoisotopic (exact) mass is 206 g/mol. The zero-order valence-electron chi connectivity index (χ0n) is 6.97. The minimum atomic E-state index is -0.249. The zero-order valence-corrected chi connectivity index (χ0v) is 9.28. The number of hydrogen-bond acceptors (Lipinski definition) is 3. The maximum atomic E-state index is 5.69. The van der Waals surface area contributed by atoms with Crippen LogP contribution in [0.3, 0.4) is 0 Å². The molecular formula is C6H13BO3P2. The van der Waals surface area contributed by atoms with Crippen LogP contribution in [0.15, 0.2) is 0 Å². The van der Waals surface area contributed by atoms with Gasteiger partial charge in [0.05, 0.1) is 12.7 Å². The second kappa shape index (κ2) is 4.88. The first kappa shape index (κ1) is 10.9. The molecule has 6 atom stereocenters. The highest BCUT2D eigenvalue weighted by Gasteiger charge is 2.39. The summed E-state index contributed by atoms with van der Waals surface area (Å²) in [5.41, 5.74) is 0. The van der Waals surface area contributed by atoms with Gasteiger partial charge in [-0.25, -0.2) is 0 Å². The molecule has 1 saturated heterocycles. The van der Waals surface area contributed by atoms with Gasteiger partial charge in [0.1, 0.15) is 14.0 Å². The molecule has 0 aliphatic carbocycles. The first-order valence-electron chi connectivity index (χ1n) is 3.79. The quantitative estimate of drug-likeness (QED) is 0.497. The van der Waals surface area contributed by atoms with Crippen LogP contribution >= 0.6 is 18.9 Å². The molecule has 0 saturated carbocycles. The summed E-state index contributed by atoms with van der Waals surface area (Å²) in [5, 5.41) is 0. The molecule has 0 spiro atoms. The smallest absolute Gasteiger partial charge is 0.109 e. The molecule has 0 aromatic carbocycles. The fraction of sp³-hybridized carbons (Fsp3) is 1.00. The van der Waals surface area contributed by atoms with Crippen molar-refractivity contribution >= 4 is 26.8 Å². The summed E-state index contributed by atoms with van der Waals surface area (Å²) in [5.74, 6) is 0.202. The van der Waals surface area contributed by atoms with Gasteiger partial charge < -0.3 is 13.8 Å². The Bertz CT molecular complexity index is 149. The van der Waals surface area contributed by atoms with Gasteiger partial charge in [-0.2, -0.15) is 0 Å². The molecule has 3 nitrogen and oxygen atoms in total. The Morgan fingerprint density at radius 1 is 1.50 bits per heavy atom. The Hall–Kier alpha value is 0.805. The van der Waals surface area contributed by atoms with Crippen LogP contribution < -0.4 is 0 Å². The van der Waals surface area contributed by atoms with Crippen molar-refractivity contribution in [1.82, 2.24) is 0 Å². The fourth-order valence-electron chi connectivity index (χ4n) is 1.37. The van der Waals surface area contributed by atoms with Gasteiger partial charge in [0.15, 0.2) is 0 Å². The molecule has 1 aliphatic rings. The van der Waals surface area contributed by atoms with Crippen LogP contribution in [0.4, 0.5) is 0 Å². The summed E-state index contributed by atoms with van der Waals surface area (Å²) in [6, 6.07) is -0.249. The van der Waals surface area contributed by atoms with E-state index in [2.05, 4.69) is 18.9 Å². The van der Waals surface area contributed by atoms with Gasteiger partial charge in [0.2, 0.25) is 0 Å². The van der Waals surface area contributed by atoms with Crippen LogP contribution in [0.2, 0.25) is 0 Å². The molecule has 3 unspecified atom stereocenters. The van der Waals surface area contributed by atoms with Gasteiger partial charge in [-0.1, -0.05) is 6.92 Å². The van der Waals surface area contributed by atoms with Crippen molar-refractivity contribution in [3.63, 3.8) is 0 Å². The molecular weight excluding hydrogens is 193 g/mol. The van der Waals surface area contributed by atoms with Gasteiger partial charge in [-0.05, 0) is 0 Å². The highest BCUT2D eigenvalue weighted by Crippen LogP contribution is 2.29. The summed E-state index contributed by atoms with van der Waals surface area (Å²) in [7, 11) is 10.1. The van der Waals surface area contributed by atoms with Gasteiger partial charge in [0, 0.05) is 30.9 Å². The van der Waals surface area contributed by atoms with Crippen molar-refractivity contribution < 1.29 is 13.8 Å². The molecule has 1 aliphatic heterocycles. The van der Waals surface area contributed by atoms with Gasteiger partial charge in [0.25, 0.3) is 0 Å². The van der Waals surface area contributed by atoms with Crippen LogP contribution in [0.1, 0.15) is 6.92 Å². The summed E-state index contributed by atoms with van der Waals surface area (Å²) >= 11 is 0. The highest BCUT2D eigenvalue weighted by atomic mass is 31.0. The molecule has 0 aromatic heterocycles. The molecule has 0 bridgehead atoms. The average Bonchev–Trinajstić information content (AvgIpc) is 2.29. The van der Waals surface area contributed by atoms with E-state index in [1.807, 2.05) is 6.92 Å². The van der Waals surface area contributed by atoms with E-state index in [9.17, 15) is 0 Å². The predicted octanol–water partition coefficient (Wildman–Crippen LogP) is 0.498. The van der Waals surface area contributed by atoms with Crippen LogP contribution in [0.25, 0.3) is 0 Å².